The van der Waals surface area contributed by atoms with Gasteiger partial charge >= 0.3 is 5.97 Å². The van der Waals surface area contributed by atoms with Crippen molar-refractivity contribution in [1.29, 1.82) is 0 Å². The first-order valence-corrected chi connectivity index (χ1v) is 6.87. The molecule has 3 rings (SSSR count). The molecule has 19 heavy (non-hydrogen) atoms. The lowest BCUT2D eigenvalue weighted by Crippen LogP contribution is -2.62. The van der Waals surface area contributed by atoms with Crippen molar-refractivity contribution in [3.8, 4) is 0 Å². The van der Waals surface area contributed by atoms with Gasteiger partial charge in [-0.2, -0.15) is 0 Å². The second kappa shape index (κ2) is 4.30. The van der Waals surface area contributed by atoms with Crippen LogP contribution in [0.2, 0.25) is 0 Å². The topological polar surface area (TPSA) is 86.7 Å². The van der Waals surface area contributed by atoms with E-state index in [1.807, 2.05) is 0 Å². The van der Waals surface area contributed by atoms with E-state index < -0.39 is 11.5 Å². The lowest BCUT2D eigenvalue weighted by molar-refractivity contribution is -0.150. The number of carbonyl (C=O) groups is 3. The summed E-state index contributed by atoms with van der Waals surface area (Å²) in [5, 5.41) is 12.8. The van der Waals surface area contributed by atoms with Crippen molar-refractivity contribution >= 4 is 17.8 Å². The van der Waals surface area contributed by atoms with Gasteiger partial charge in [-0.1, -0.05) is 0 Å². The van der Waals surface area contributed by atoms with E-state index in [9.17, 15) is 19.5 Å². The van der Waals surface area contributed by atoms with E-state index in [-0.39, 0.29) is 43.2 Å². The first kappa shape index (κ1) is 12.6. The van der Waals surface area contributed by atoms with Crippen LogP contribution in [-0.4, -0.2) is 45.9 Å². The molecule has 1 aliphatic heterocycles. The Morgan fingerprint density at radius 3 is 2.21 bits per heavy atom. The van der Waals surface area contributed by atoms with Gasteiger partial charge in [0.2, 0.25) is 11.8 Å². The standard InChI is InChI=1S/C13H18N2O4/c16-10-5-6-11(17)15(10)7-13(12(18)19,8-1-2-8)14-9-3-4-9/h8-9,14H,1-7H2,(H,18,19). The summed E-state index contributed by atoms with van der Waals surface area (Å²) in [6, 6.07) is 0.226. The summed E-state index contributed by atoms with van der Waals surface area (Å²) in [4.78, 5) is 36.3. The normalized spacial score (nSPS) is 26.6. The number of hydrogen-bond acceptors (Lipinski definition) is 4. The van der Waals surface area contributed by atoms with E-state index >= 15 is 0 Å². The highest BCUT2D eigenvalue weighted by Crippen LogP contribution is 2.42. The largest absolute Gasteiger partial charge is 0.480 e. The minimum Gasteiger partial charge on any atom is -0.480 e. The zero-order chi connectivity index (χ0) is 13.6. The fraction of sp³-hybridized carbons (Fsp3) is 0.769. The van der Waals surface area contributed by atoms with Gasteiger partial charge < -0.3 is 5.11 Å². The van der Waals surface area contributed by atoms with E-state index in [1.54, 1.807) is 0 Å². The molecule has 3 fully saturated rings. The summed E-state index contributed by atoms with van der Waals surface area (Å²) < 4.78 is 0. The van der Waals surface area contributed by atoms with E-state index in [0.717, 1.165) is 30.6 Å². The van der Waals surface area contributed by atoms with Crippen molar-refractivity contribution in [3.05, 3.63) is 0 Å². The van der Waals surface area contributed by atoms with Crippen LogP contribution < -0.4 is 5.32 Å². The van der Waals surface area contributed by atoms with Crippen molar-refractivity contribution in [2.75, 3.05) is 6.54 Å². The van der Waals surface area contributed by atoms with Crippen LogP contribution in [0.25, 0.3) is 0 Å². The molecule has 1 atom stereocenters. The van der Waals surface area contributed by atoms with Crippen molar-refractivity contribution < 1.29 is 19.5 Å². The molecular weight excluding hydrogens is 248 g/mol. The number of aliphatic carboxylic acids is 1. The third-order valence-electron chi connectivity index (χ3n) is 4.26. The summed E-state index contributed by atoms with van der Waals surface area (Å²) in [5.41, 5.74) is -1.13. The van der Waals surface area contributed by atoms with E-state index in [2.05, 4.69) is 5.32 Å². The van der Waals surface area contributed by atoms with Crippen LogP contribution in [0, 0.1) is 5.92 Å². The van der Waals surface area contributed by atoms with Crippen LogP contribution in [0.5, 0.6) is 0 Å². The molecule has 0 aromatic rings. The molecule has 3 aliphatic rings. The highest BCUT2D eigenvalue weighted by Gasteiger charge is 2.55. The minimum atomic E-state index is -1.13. The fourth-order valence-corrected chi connectivity index (χ4v) is 2.81. The first-order chi connectivity index (χ1) is 9.03. The molecule has 104 valence electrons. The summed E-state index contributed by atoms with van der Waals surface area (Å²) in [6.07, 6.45) is 4.07. The third-order valence-corrected chi connectivity index (χ3v) is 4.26. The number of carbonyl (C=O) groups excluding carboxylic acids is 2. The molecule has 0 radical (unpaired) electrons. The van der Waals surface area contributed by atoms with Gasteiger partial charge in [-0.3, -0.25) is 24.6 Å². The zero-order valence-corrected chi connectivity index (χ0v) is 10.7. The Balaban J connectivity index is 1.83. The number of carboxylic acids is 1. The van der Waals surface area contributed by atoms with Gasteiger partial charge in [0.1, 0.15) is 5.54 Å². The molecule has 1 heterocycles. The molecule has 1 unspecified atom stereocenters. The van der Waals surface area contributed by atoms with Gasteiger partial charge in [0.05, 0.1) is 6.54 Å². The number of likely N-dealkylation sites (tertiary alicyclic amines) is 1. The van der Waals surface area contributed by atoms with Gasteiger partial charge in [0.25, 0.3) is 0 Å². The van der Waals surface area contributed by atoms with Crippen molar-refractivity contribution in [3.63, 3.8) is 0 Å². The number of nitrogens with zero attached hydrogens (tertiary/aromatic N) is 1. The van der Waals surface area contributed by atoms with Gasteiger partial charge in [-0.05, 0) is 31.6 Å². The average molecular weight is 266 g/mol. The molecule has 0 aromatic heterocycles. The molecule has 0 aromatic carbocycles. The Morgan fingerprint density at radius 2 is 1.79 bits per heavy atom. The molecule has 0 spiro atoms. The molecule has 0 bridgehead atoms. The Bertz CT molecular complexity index is 426. The second-order valence-corrected chi connectivity index (χ2v) is 5.84. The zero-order valence-electron chi connectivity index (χ0n) is 10.7. The second-order valence-electron chi connectivity index (χ2n) is 5.84. The Hall–Kier alpha value is -1.43. The molecule has 2 saturated carbocycles. The van der Waals surface area contributed by atoms with Crippen LogP contribution in [0.3, 0.4) is 0 Å². The van der Waals surface area contributed by atoms with Crippen LogP contribution in [-0.2, 0) is 14.4 Å². The summed E-state index contributed by atoms with van der Waals surface area (Å²) in [5.74, 6) is -1.39. The molecule has 2 amide bonds. The van der Waals surface area contributed by atoms with Crippen molar-refractivity contribution in [2.24, 2.45) is 5.92 Å². The molecule has 6 nitrogen and oxygen atoms in total. The smallest absolute Gasteiger partial charge is 0.326 e. The monoisotopic (exact) mass is 266 g/mol. The highest BCUT2D eigenvalue weighted by atomic mass is 16.4. The summed E-state index contributed by atoms with van der Waals surface area (Å²) in [7, 11) is 0. The van der Waals surface area contributed by atoms with Gasteiger partial charge in [0, 0.05) is 18.9 Å². The highest BCUT2D eigenvalue weighted by molar-refractivity contribution is 6.02. The van der Waals surface area contributed by atoms with Crippen LogP contribution in [0.15, 0.2) is 0 Å². The molecule has 2 N–H and O–H groups in total. The van der Waals surface area contributed by atoms with E-state index in [4.69, 9.17) is 0 Å². The quantitative estimate of drug-likeness (QED) is 0.667. The number of rotatable bonds is 6. The number of nitrogens with one attached hydrogen (secondary N) is 1. The van der Waals surface area contributed by atoms with Crippen LogP contribution in [0.4, 0.5) is 0 Å². The van der Waals surface area contributed by atoms with E-state index in [0.29, 0.717) is 0 Å². The summed E-state index contributed by atoms with van der Waals surface area (Å²) in [6.45, 7) is -0.0127. The maximum atomic E-state index is 11.8. The SMILES string of the molecule is O=C1CCC(=O)N1CC(NC1CC1)(C(=O)O)C1CC1. The minimum absolute atomic E-state index is 0.0127. The maximum absolute atomic E-state index is 11.8. The van der Waals surface area contributed by atoms with E-state index in [1.165, 1.54) is 0 Å². The number of imide groups is 1. The van der Waals surface area contributed by atoms with Gasteiger partial charge in [-0.15, -0.1) is 0 Å². The number of carboxylic acid groups (broad SMARTS) is 1. The Morgan fingerprint density at radius 1 is 1.21 bits per heavy atom. The molecule has 6 heteroatoms. The van der Waals surface area contributed by atoms with Crippen molar-refractivity contribution in [2.45, 2.75) is 50.1 Å². The lowest BCUT2D eigenvalue weighted by atomic mass is 9.92. The first-order valence-electron chi connectivity index (χ1n) is 6.87. The average Bonchev–Trinajstić information content (AvgIpc) is 3.24. The fourth-order valence-electron chi connectivity index (χ4n) is 2.81. The van der Waals surface area contributed by atoms with Gasteiger partial charge in [0.15, 0.2) is 0 Å². The molecule has 1 saturated heterocycles. The van der Waals surface area contributed by atoms with Crippen LogP contribution in [0.1, 0.15) is 38.5 Å². The summed E-state index contributed by atoms with van der Waals surface area (Å²) >= 11 is 0. The predicted octanol–water partition coefficient (Wildman–Crippen LogP) is 0.121. The Kier molecular flexibility index (Phi) is 2.85. The molecule has 2 aliphatic carbocycles. The van der Waals surface area contributed by atoms with Gasteiger partial charge in [-0.25, -0.2) is 0 Å². The van der Waals surface area contributed by atoms with Crippen LogP contribution >= 0.6 is 0 Å². The number of amides is 2. The Labute approximate surface area is 111 Å². The van der Waals surface area contributed by atoms with Crippen molar-refractivity contribution in [1.82, 2.24) is 10.2 Å². The predicted molar refractivity (Wildman–Crippen MR) is 65.2 cm³/mol. The number of hydrogen-bond donors (Lipinski definition) is 2. The third kappa shape index (κ3) is 2.25. The maximum Gasteiger partial charge on any atom is 0.326 e. The lowest BCUT2D eigenvalue weighted by Gasteiger charge is -2.34. The molecular formula is C13H18N2O4.